The van der Waals surface area contributed by atoms with Gasteiger partial charge in [0.25, 0.3) is 5.91 Å². The van der Waals surface area contributed by atoms with Crippen LogP contribution in [0.4, 0.5) is 0 Å². The molecule has 0 N–H and O–H groups in total. The molecule has 0 aromatic carbocycles. The highest BCUT2D eigenvalue weighted by atomic mass is 16.5. The van der Waals surface area contributed by atoms with Crippen LogP contribution in [0.15, 0.2) is 0 Å². The summed E-state index contributed by atoms with van der Waals surface area (Å²) in [7, 11) is 1.45. The fourth-order valence-electron chi connectivity index (χ4n) is 1.25. The van der Waals surface area contributed by atoms with E-state index in [2.05, 4.69) is 0 Å². The second kappa shape index (κ2) is 3.55. The fourth-order valence-corrected chi connectivity index (χ4v) is 1.25. The zero-order valence-corrected chi connectivity index (χ0v) is 7.28. The van der Waals surface area contributed by atoms with E-state index >= 15 is 0 Å². The molecule has 0 aliphatic carbocycles. The zero-order chi connectivity index (χ0) is 9.14. The molecule has 1 aliphatic rings. The summed E-state index contributed by atoms with van der Waals surface area (Å²) in [6.07, 6.45) is 3.13. The van der Waals surface area contributed by atoms with E-state index in [4.69, 9.17) is 10.00 Å². The van der Waals surface area contributed by atoms with Crippen LogP contribution in [-0.2, 0) is 9.53 Å². The number of carbonyl (C=O) groups is 1. The lowest BCUT2D eigenvalue weighted by Crippen LogP contribution is -2.33. The van der Waals surface area contributed by atoms with E-state index in [-0.39, 0.29) is 12.0 Å². The van der Waals surface area contributed by atoms with Crippen molar-refractivity contribution >= 4 is 5.91 Å². The number of ether oxygens (including phenoxy) is 1. The zero-order valence-electron chi connectivity index (χ0n) is 7.28. The summed E-state index contributed by atoms with van der Waals surface area (Å²) in [6.45, 7) is 1.93. The quantitative estimate of drug-likeness (QED) is 0.423. The highest BCUT2D eigenvalue weighted by molar-refractivity contribution is 5.82. The van der Waals surface area contributed by atoms with Gasteiger partial charge >= 0.3 is 0 Å². The van der Waals surface area contributed by atoms with Gasteiger partial charge in [-0.1, -0.05) is 0 Å². The van der Waals surface area contributed by atoms with Crippen LogP contribution in [0.5, 0.6) is 0 Å². The van der Waals surface area contributed by atoms with Crippen molar-refractivity contribution in [3.63, 3.8) is 0 Å². The molecule has 2 unspecified atom stereocenters. The summed E-state index contributed by atoms with van der Waals surface area (Å²) in [6, 6.07) is 0. The van der Waals surface area contributed by atoms with Gasteiger partial charge in [-0.2, -0.15) is 5.26 Å². The van der Waals surface area contributed by atoms with Gasteiger partial charge in [0.1, 0.15) is 6.10 Å². The standard InChI is InChI=1S/C8H12N2O2/c1-6-3-4-7(12-6)8(11)10(2)5-9/h6-7H,3-4H2,1-2H3. The highest BCUT2D eigenvalue weighted by Gasteiger charge is 2.30. The second-order valence-electron chi connectivity index (χ2n) is 3.01. The molecular formula is C8H12N2O2. The molecule has 1 saturated heterocycles. The number of carbonyl (C=O) groups excluding carboxylic acids is 1. The molecule has 0 saturated carbocycles. The summed E-state index contributed by atoms with van der Waals surface area (Å²) >= 11 is 0. The van der Waals surface area contributed by atoms with Gasteiger partial charge in [0.05, 0.1) is 6.10 Å². The Morgan fingerprint density at radius 2 is 2.33 bits per heavy atom. The SMILES string of the molecule is CC1CCC(C(=O)N(C)C#N)O1. The van der Waals surface area contributed by atoms with E-state index in [0.29, 0.717) is 0 Å². The van der Waals surface area contributed by atoms with Gasteiger partial charge in [-0.25, -0.2) is 4.90 Å². The van der Waals surface area contributed by atoms with E-state index < -0.39 is 6.10 Å². The minimum Gasteiger partial charge on any atom is -0.365 e. The number of nitriles is 1. The summed E-state index contributed by atoms with van der Waals surface area (Å²) < 4.78 is 5.30. The van der Waals surface area contributed by atoms with Gasteiger partial charge in [0.2, 0.25) is 0 Å². The molecule has 1 heterocycles. The van der Waals surface area contributed by atoms with Gasteiger partial charge < -0.3 is 4.74 Å². The molecule has 1 rings (SSSR count). The first-order valence-corrected chi connectivity index (χ1v) is 3.98. The Hall–Kier alpha value is -1.08. The Morgan fingerprint density at radius 3 is 2.75 bits per heavy atom. The monoisotopic (exact) mass is 168 g/mol. The van der Waals surface area contributed by atoms with Gasteiger partial charge in [0.15, 0.2) is 6.19 Å². The fraction of sp³-hybridized carbons (Fsp3) is 0.750. The molecule has 66 valence electrons. The first-order valence-electron chi connectivity index (χ1n) is 3.98. The van der Waals surface area contributed by atoms with E-state index in [1.165, 1.54) is 7.05 Å². The average Bonchev–Trinajstić information content (AvgIpc) is 2.49. The molecule has 4 heteroatoms. The van der Waals surface area contributed by atoms with Crippen molar-refractivity contribution in [3.8, 4) is 6.19 Å². The van der Waals surface area contributed by atoms with Crippen molar-refractivity contribution in [2.45, 2.75) is 32.0 Å². The molecule has 0 aromatic heterocycles. The smallest absolute Gasteiger partial charge is 0.264 e. The minimum atomic E-state index is -0.398. The predicted molar refractivity (Wildman–Crippen MR) is 42.0 cm³/mol. The molecule has 0 bridgehead atoms. The Bertz CT molecular complexity index is 222. The average molecular weight is 168 g/mol. The van der Waals surface area contributed by atoms with Crippen molar-refractivity contribution in [2.75, 3.05) is 7.05 Å². The molecule has 2 atom stereocenters. The van der Waals surface area contributed by atoms with Gasteiger partial charge in [-0.15, -0.1) is 0 Å². The Kier molecular flexibility index (Phi) is 2.66. The van der Waals surface area contributed by atoms with E-state index in [0.717, 1.165) is 17.7 Å². The summed E-state index contributed by atoms with van der Waals surface area (Å²) in [5.41, 5.74) is 0. The van der Waals surface area contributed by atoms with Crippen LogP contribution >= 0.6 is 0 Å². The molecule has 0 radical (unpaired) electrons. The number of nitrogens with zero attached hydrogens (tertiary/aromatic N) is 2. The van der Waals surface area contributed by atoms with Crippen molar-refractivity contribution < 1.29 is 9.53 Å². The molecule has 1 amide bonds. The topological polar surface area (TPSA) is 53.3 Å². The molecule has 12 heavy (non-hydrogen) atoms. The van der Waals surface area contributed by atoms with Crippen molar-refractivity contribution in [2.24, 2.45) is 0 Å². The lowest BCUT2D eigenvalue weighted by atomic mass is 10.2. The third-order valence-corrected chi connectivity index (χ3v) is 1.99. The van der Waals surface area contributed by atoms with Crippen LogP contribution in [0.2, 0.25) is 0 Å². The molecular weight excluding hydrogens is 156 g/mol. The van der Waals surface area contributed by atoms with E-state index in [1.54, 1.807) is 6.19 Å². The number of hydrogen-bond donors (Lipinski definition) is 0. The maximum Gasteiger partial charge on any atom is 0.264 e. The highest BCUT2D eigenvalue weighted by Crippen LogP contribution is 2.20. The maximum atomic E-state index is 11.3. The van der Waals surface area contributed by atoms with Gasteiger partial charge in [0, 0.05) is 7.05 Å². The van der Waals surface area contributed by atoms with Crippen LogP contribution in [0, 0.1) is 11.5 Å². The molecule has 4 nitrogen and oxygen atoms in total. The first kappa shape index (κ1) is 9.01. The number of likely N-dealkylation sites (N-methyl/N-ethyl adjacent to an activating group) is 1. The van der Waals surface area contributed by atoms with Crippen molar-refractivity contribution in [1.29, 1.82) is 5.26 Å². The summed E-state index contributed by atoms with van der Waals surface area (Å²) in [4.78, 5) is 12.3. The van der Waals surface area contributed by atoms with Crippen LogP contribution < -0.4 is 0 Å². The molecule has 1 aliphatic heterocycles. The number of hydrogen-bond acceptors (Lipinski definition) is 3. The van der Waals surface area contributed by atoms with Crippen LogP contribution in [0.1, 0.15) is 19.8 Å². The Labute approximate surface area is 71.7 Å². The predicted octanol–water partition coefficient (Wildman–Crippen LogP) is 0.493. The van der Waals surface area contributed by atoms with Gasteiger partial charge in [-0.05, 0) is 19.8 Å². The van der Waals surface area contributed by atoms with Crippen molar-refractivity contribution in [1.82, 2.24) is 4.90 Å². The normalized spacial score (nSPS) is 28.1. The van der Waals surface area contributed by atoms with Crippen molar-refractivity contribution in [3.05, 3.63) is 0 Å². The van der Waals surface area contributed by atoms with E-state index in [9.17, 15) is 4.79 Å². The lowest BCUT2D eigenvalue weighted by molar-refractivity contribution is -0.138. The Morgan fingerprint density at radius 1 is 1.67 bits per heavy atom. The second-order valence-corrected chi connectivity index (χ2v) is 3.01. The number of amides is 1. The minimum absolute atomic E-state index is 0.144. The first-order chi connectivity index (χ1) is 5.65. The maximum absolute atomic E-state index is 11.3. The summed E-state index contributed by atoms with van der Waals surface area (Å²) in [5, 5.41) is 8.43. The molecule has 0 aromatic rings. The molecule has 0 spiro atoms. The summed E-state index contributed by atoms with van der Waals surface area (Å²) in [5.74, 6) is -0.234. The Balaban J connectivity index is 2.50. The largest absolute Gasteiger partial charge is 0.365 e. The third-order valence-electron chi connectivity index (χ3n) is 1.99. The molecule has 1 fully saturated rings. The van der Waals surface area contributed by atoms with Crippen LogP contribution in [-0.4, -0.2) is 30.1 Å². The van der Waals surface area contributed by atoms with Crippen LogP contribution in [0.25, 0.3) is 0 Å². The third kappa shape index (κ3) is 1.74. The van der Waals surface area contributed by atoms with E-state index in [1.807, 2.05) is 6.92 Å². The number of rotatable bonds is 1. The van der Waals surface area contributed by atoms with Gasteiger partial charge in [-0.3, -0.25) is 4.79 Å². The lowest BCUT2D eigenvalue weighted by Gasteiger charge is -2.13. The van der Waals surface area contributed by atoms with Crippen LogP contribution in [0.3, 0.4) is 0 Å².